The zero-order valence-electron chi connectivity index (χ0n) is 39.8. The average Bonchev–Trinajstić information content (AvgIpc) is 4.20. The molecule has 11 rings (SSSR count). The van der Waals surface area contributed by atoms with Crippen molar-refractivity contribution < 1.29 is 50.7 Å². The molecular formula is C50H51F4N13O7. The lowest BCUT2D eigenvalue weighted by Crippen LogP contribution is -2.51. The maximum Gasteiger partial charge on any atom is 0.320 e. The zero-order chi connectivity index (χ0) is 51.6. The van der Waals surface area contributed by atoms with Gasteiger partial charge < -0.3 is 49.9 Å². The molecule has 2 aliphatic carbocycles. The van der Waals surface area contributed by atoms with Crippen molar-refractivity contribution in [2.75, 3.05) is 70.3 Å². The van der Waals surface area contributed by atoms with Crippen LogP contribution < -0.4 is 31.1 Å². The lowest BCUT2D eigenvalue weighted by atomic mass is 9.57. The number of piperidine rings is 2. The molecule has 0 unspecified atom stereocenters. The highest BCUT2D eigenvalue weighted by atomic mass is 19.2. The molecule has 5 aliphatic rings. The topological polar surface area (TPSA) is 250 Å². The van der Waals surface area contributed by atoms with Crippen molar-refractivity contribution in [3.8, 4) is 0 Å². The summed E-state index contributed by atoms with van der Waals surface area (Å²) >= 11 is 0. The van der Waals surface area contributed by atoms with Gasteiger partial charge in [-0.2, -0.15) is 0 Å². The lowest BCUT2D eigenvalue weighted by molar-refractivity contribution is -0.151. The highest BCUT2D eigenvalue weighted by Crippen LogP contribution is 2.54. The van der Waals surface area contributed by atoms with E-state index < -0.39 is 41.1 Å². The van der Waals surface area contributed by atoms with E-state index in [1.165, 1.54) is 18.3 Å². The molecule has 5 fully saturated rings. The third-order valence-corrected chi connectivity index (χ3v) is 14.7. The molecule has 3 amide bonds. The van der Waals surface area contributed by atoms with Crippen LogP contribution in [-0.4, -0.2) is 103 Å². The number of carbonyl (C=O) groups excluding carboxylic acids is 3. The molecule has 0 atom stereocenters. The van der Waals surface area contributed by atoms with Gasteiger partial charge in [0.05, 0.1) is 29.7 Å². The number of halogens is 4. The Labute approximate surface area is 420 Å². The number of carboxylic acids is 1. The highest BCUT2D eigenvalue weighted by Gasteiger charge is 2.50. The normalized spacial score (nSPS) is 18.0. The third-order valence-electron chi connectivity index (χ3n) is 14.7. The number of nitrogens with one attached hydrogen (secondary N) is 4. The van der Waals surface area contributed by atoms with Crippen molar-refractivity contribution in [2.24, 2.45) is 22.7 Å². The summed E-state index contributed by atoms with van der Waals surface area (Å²) in [5.41, 5.74) is 1.71. The van der Waals surface area contributed by atoms with Crippen LogP contribution in [0.2, 0.25) is 0 Å². The van der Waals surface area contributed by atoms with Crippen molar-refractivity contribution in [3.63, 3.8) is 0 Å². The van der Waals surface area contributed by atoms with E-state index in [0.29, 0.717) is 17.3 Å². The fraction of sp³-hybridized carbons (Fsp3) is 0.400. The summed E-state index contributed by atoms with van der Waals surface area (Å²) in [5, 5.41) is 34.4. The minimum atomic E-state index is -1.04. The summed E-state index contributed by atoms with van der Waals surface area (Å²) in [6, 6.07) is 13.2. The van der Waals surface area contributed by atoms with Crippen molar-refractivity contribution in [1.82, 2.24) is 35.3 Å². The molecule has 2 aromatic carbocycles. The summed E-state index contributed by atoms with van der Waals surface area (Å²) in [7, 11) is 0. The first-order chi connectivity index (χ1) is 35.7. The number of carboxylic acid groups (broad SMARTS) is 1. The number of hydrogen-bond acceptors (Lipinski definition) is 16. The Kier molecular flexibility index (Phi) is 13.8. The smallest absolute Gasteiger partial charge is 0.320 e. The Morgan fingerprint density at radius 3 is 1.35 bits per heavy atom. The Morgan fingerprint density at radius 2 is 0.959 bits per heavy atom. The number of anilines is 8. The fourth-order valence-corrected chi connectivity index (χ4v) is 10.5. The van der Waals surface area contributed by atoms with E-state index in [1.54, 1.807) is 24.4 Å². The highest BCUT2D eigenvalue weighted by molar-refractivity contribution is 6.01. The predicted molar refractivity (Wildman–Crippen MR) is 259 cm³/mol. The maximum absolute atomic E-state index is 13.4. The van der Waals surface area contributed by atoms with E-state index in [2.05, 4.69) is 61.4 Å². The zero-order valence-corrected chi connectivity index (χ0v) is 39.8. The Balaban J connectivity index is 0.000000170. The second kappa shape index (κ2) is 20.7. The van der Waals surface area contributed by atoms with Crippen LogP contribution in [0.4, 0.5) is 64.0 Å². The predicted octanol–water partition coefficient (Wildman–Crippen LogP) is 8.18. The number of benzene rings is 2. The molecule has 2 saturated carbocycles. The minimum absolute atomic E-state index is 0.138. The van der Waals surface area contributed by atoms with Crippen molar-refractivity contribution in [2.45, 2.75) is 64.2 Å². The van der Waals surface area contributed by atoms with Gasteiger partial charge in [-0.25, -0.2) is 27.5 Å². The Morgan fingerprint density at radius 1 is 0.541 bits per heavy atom. The standard InChI is InChI=1S/C27H29F2N7O3.C23H22F2N6O4/c28-20-5-3-18(13-21(20)29)32-26-34-33-24(39-26)23(37)31-19-4-6-22(30-16-19)35-11-7-27(8-12-35)14-17(15-27)25(38)36-9-1-2-10-36;24-16-3-1-14(9-17(16)25)28-22-30-29-20(35-22)19(32)27-15-2-4-18(26-12-15)31-7-5-23(6-8-31)10-13(11-23)21(33)34/h3-6,13,16-17H,1-2,7-12,14-15H2,(H,31,37)(H,32,34);1-4,9,12-13H,5-8,10-11H2,(H,27,32)(H,28,30)(H,33,34). The molecule has 4 aromatic heterocycles. The lowest BCUT2D eigenvalue weighted by Gasteiger charge is -2.52. The van der Waals surface area contributed by atoms with E-state index in [-0.39, 0.29) is 57.9 Å². The molecule has 3 saturated heterocycles. The molecule has 3 aliphatic heterocycles. The van der Waals surface area contributed by atoms with E-state index in [1.807, 2.05) is 11.0 Å². The molecule has 0 radical (unpaired) electrons. The van der Waals surface area contributed by atoms with Crippen LogP contribution in [0, 0.1) is 45.9 Å². The summed E-state index contributed by atoms with van der Waals surface area (Å²) < 4.78 is 63.4. The maximum atomic E-state index is 13.4. The van der Waals surface area contributed by atoms with Gasteiger partial charge in [-0.1, -0.05) is 10.2 Å². The van der Waals surface area contributed by atoms with Crippen molar-refractivity contribution in [3.05, 3.63) is 108 Å². The van der Waals surface area contributed by atoms with Crippen molar-refractivity contribution >= 4 is 70.1 Å². The number of hydrogen-bond donors (Lipinski definition) is 5. The first-order valence-corrected chi connectivity index (χ1v) is 24.4. The number of aliphatic carboxylic acids is 1. The third kappa shape index (κ3) is 11.1. The van der Waals surface area contributed by atoms with Gasteiger partial charge in [-0.15, -0.1) is 10.2 Å². The molecule has 386 valence electrons. The van der Waals surface area contributed by atoms with Gasteiger partial charge in [-0.05, 0) is 124 Å². The number of pyridine rings is 2. The number of aromatic nitrogens is 6. The Bertz CT molecular complexity index is 3010. The summed E-state index contributed by atoms with van der Waals surface area (Å²) in [4.78, 5) is 64.1. The monoisotopic (exact) mass is 1020 g/mol. The SMILES string of the molecule is O=C(Nc1ccc(N2CCC3(CC2)CC(C(=O)N2CCCC2)C3)nc1)c1nnc(Nc2ccc(F)c(F)c2)o1.O=C(Nc1ccc(N2CCC3(CC2)CC(C(=O)O)C3)nc1)c1nnc(Nc2ccc(F)c(F)c2)o1. The first-order valence-electron chi connectivity index (χ1n) is 24.4. The Hall–Kier alpha value is -8.18. The van der Waals surface area contributed by atoms with Gasteiger partial charge in [0.1, 0.15) is 11.6 Å². The van der Waals surface area contributed by atoms with Crippen LogP contribution >= 0.6 is 0 Å². The molecule has 6 aromatic rings. The molecule has 74 heavy (non-hydrogen) atoms. The first kappa shape index (κ1) is 49.4. The van der Waals surface area contributed by atoms with Gasteiger partial charge in [0.2, 0.25) is 5.91 Å². The molecule has 24 heteroatoms. The van der Waals surface area contributed by atoms with Gasteiger partial charge in [-0.3, -0.25) is 19.2 Å². The molecule has 0 bridgehead atoms. The van der Waals surface area contributed by atoms with Crippen molar-refractivity contribution in [1.29, 1.82) is 0 Å². The van der Waals surface area contributed by atoms with Crippen LogP contribution in [0.25, 0.3) is 0 Å². The largest absolute Gasteiger partial charge is 0.481 e. The van der Waals surface area contributed by atoms with Gasteiger partial charge in [0.25, 0.3) is 0 Å². The molecular weight excluding hydrogens is 971 g/mol. The second-order valence-electron chi connectivity index (χ2n) is 19.6. The summed E-state index contributed by atoms with van der Waals surface area (Å²) in [6.45, 7) is 5.23. The van der Waals surface area contributed by atoms with Crippen LogP contribution in [0.3, 0.4) is 0 Å². The second-order valence-corrected chi connectivity index (χ2v) is 19.6. The van der Waals surface area contributed by atoms with Crippen LogP contribution in [0.15, 0.2) is 81.9 Å². The van der Waals surface area contributed by atoms with Gasteiger partial charge in [0, 0.05) is 68.7 Å². The quantitative estimate of drug-likeness (QED) is 0.0725. The summed E-state index contributed by atoms with van der Waals surface area (Å²) in [5.74, 6) is -4.66. The van der Waals surface area contributed by atoms with Gasteiger partial charge >= 0.3 is 41.6 Å². The van der Waals surface area contributed by atoms with E-state index in [9.17, 15) is 36.7 Å². The van der Waals surface area contributed by atoms with Crippen LogP contribution in [0.5, 0.6) is 0 Å². The van der Waals surface area contributed by atoms with Gasteiger partial charge in [0.15, 0.2) is 23.3 Å². The molecule has 2 spiro atoms. The minimum Gasteiger partial charge on any atom is -0.481 e. The number of likely N-dealkylation sites (tertiary alicyclic amines) is 1. The number of nitrogens with zero attached hydrogens (tertiary/aromatic N) is 9. The molecule has 7 heterocycles. The van der Waals surface area contributed by atoms with E-state index in [0.717, 1.165) is 139 Å². The summed E-state index contributed by atoms with van der Waals surface area (Å²) in [6.07, 6.45) is 12.8. The van der Waals surface area contributed by atoms with E-state index >= 15 is 0 Å². The fourth-order valence-electron chi connectivity index (χ4n) is 10.5. The number of rotatable bonds is 12. The van der Waals surface area contributed by atoms with Crippen LogP contribution in [0.1, 0.15) is 85.6 Å². The van der Waals surface area contributed by atoms with Crippen LogP contribution in [-0.2, 0) is 9.59 Å². The average molecular weight is 1020 g/mol. The molecule has 5 N–H and O–H groups in total. The number of amides is 3. The number of carbonyl (C=O) groups is 4. The van der Waals surface area contributed by atoms with E-state index in [4.69, 9.17) is 13.9 Å². The molecule has 20 nitrogen and oxygen atoms in total.